The highest BCUT2D eigenvalue weighted by atomic mass is 79.9. The summed E-state index contributed by atoms with van der Waals surface area (Å²) in [6.45, 7) is 1.55. The number of amides is 1. The minimum Gasteiger partial charge on any atom is -0.352 e. The molecule has 0 aliphatic rings. The highest BCUT2D eigenvalue weighted by molar-refractivity contribution is 9.10. The SMILES string of the molecule is CN(C)CCCCNC(=O)c1c(F)cccc1Br. The van der Waals surface area contributed by atoms with Crippen LogP contribution in [0, 0.1) is 5.82 Å². The molecule has 18 heavy (non-hydrogen) atoms. The second kappa shape index (κ2) is 7.48. The Morgan fingerprint density at radius 2 is 2.11 bits per heavy atom. The zero-order valence-corrected chi connectivity index (χ0v) is 12.3. The molecule has 0 atom stereocenters. The van der Waals surface area contributed by atoms with Gasteiger partial charge in [0.15, 0.2) is 0 Å². The maximum Gasteiger partial charge on any atom is 0.255 e. The quantitative estimate of drug-likeness (QED) is 0.818. The topological polar surface area (TPSA) is 32.3 Å². The van der Waals surface area contributed by atoms with E-state index in [1.807, 2.05) is 14.1 Å². The van der Waals surface area contributed by atoms with Gasteiger partial charge >= 0.3 is 0 Å². The summed E-state index contributed by atoms with van der Waals surface area (Å²) < 4.78 is 14.0. The van der Waals surface area contributed by atoms with Gasteiger partial charge in [0.2, 0.25) is 0 Å². The van der Waals surface area contributed by atoms with Crippen molar-refractivity contribution in [1.82, 2.24) is 10.2 Å². The van der Waals surface area contributed by atoms with Crippen molar-refractivity contribution in [2.75, 3.05) is 27.2 Å². The van der Waals surface area contributed by atoms with Crippen molar-refractivity contribution < 1.29 is 9.18 Å². The number of nitrogens with zero attached hydrogens (tertiary/aromatic N) is 1. The lowest BCUT2D eigenvalue weighted by Gasteiger charge is -2.10. The van der Waals surface area contributed by atoms with E-state index in [0.717, 1.165) is 19.4 Å². The van der Waals surface area contributed by atoms with Gasteiger partial charge in [0.05, 0.1) is 5.56 Å². The maximum atomic E-state index is 13.5. The molecule has 0 aliphatic heterocycles. The van der Waals surface area contributed by atoms with Gasteiger partial charge in [-0.25, -0.2) is 4.39 Å². The van der Waals surface area contributed by atoms with Crippen LogP contribution in [0.25, 0.3) is 0 Å². The third-order valence-corrected chi connectivity index (χ3v) is 3.17. The van der Waals surface area contributed by atoms with Gasteiger partial charge in [0, 0.05) is 11.0 Å². The Balaban J connectivity index is 2.41. The fourth-order valence-electron chi connectivity index (χ4n) is 1.56. The van der Waals surface area contributed by atoms with E-state index in [-0.39, 0.29) is 11.5 Å². The molecule has 0 aliphatic carbocycles. The van der Waals surface area contributed by atoms with Crippen molar-refractivity contribution in [3.05, 3.63) is 34.1 Å². The standard InChI is InChI=1S/C13H18BrFN2O/c1-17(2)9-4-3-8-16-13(18)12-10(14)6-5-7-11(12)15/h5-7H,3-4,8-9H2,1-2H3,(H,16,18). The average molecular weight is 317 g/mol. The Kier molecular flexibility index (Phi) is 6.29. The molecule has 5 heteroatoms. The lowest BCUT2D eigenvalue weighted by molar-refractivity contribution is 0.0948. The molecule has 3 nitrogen and oxygen atoms in total. The fourth-order valence-corrected chi connectivity index (χ4v) is 2.08. The minimum absolute atomic E-state index is 0.0742. The van der Waals surface area contributed by atoms with Crippen LogP contribution in [-0.2, 0) is 0 Å². The number of hydrogen-bond donors (Lipinski definition) is 1. The van der Waals surface area contributed by atoms with Crippen LogP contribution < -0.4 is 5.32 Å². The normalized spacial score (nSPS) is 10.7. The van der Waals surface area contributed by atoms with E-state index in [2.05, 4.69) is 26.1 Å². The Labute approximate surface area is 115 Å². The summed E-state index contributed by atoms with van der Waals surface area (Å²) in [7, 11) is 4.02. The minimum atomic E-state index is -0.504. The second-order valence-electron chi connectivity index (χ2n) is 4.36. The van der Waals surface area contributed by atoms with Crippen molar-refractivity contribution in [2.24, 2.45) is 0 Å². The highest BCUT2D eigenvalue weighted by Crippen LogP contribution is 2.19. The number of nitrogens with one attached hydrogen (secondary N) is 1. The van der Waals surface area contributed by atoms with Gasteiger partial charge in [-0.3, -0.25) is 4.79 Å². The molecule has 0 radical (unpaired) electrons. The van der Waals surface area contributed by atoms with E-state index in [0.29, 0.717) is 11.0 Å². The van der Waals surface area contributed by atoms with Crippen LogP contribution in [0.2, 0.25) is 0 Å². The molecule has 1 N–H and O–H groups in total. The van der Waals surface area contributed by atoms with Crippen LogP contribution in [0.3, 0.4) is 0 Å². The number of hydrogen-bond acceptors (Lipinski definition) is 2. The Hall–Kier alpha value is -0.940. The molecule has 0 fully saturated rings. The maximum absolute atomic E-state index is 13.5. The molecule has 0 aromatic heterocycles. The molecule has 100 valence electrons. The van der Waals surface area contributed by atoms with Crippen molar-refractivity contribution in [3.63, 3.8) is 0 Å². The molecule has 0 unspecified atom stereocenters. The lowest BCUT2D eigenvalue weighted by atomic mass is 10.2. The fraction of sp³-hybridized carbons (Fsp3) is 0.462. The Bertz CT molecular complexity index is 390. The van der Waals surface area contributed by atoms with Crippen LogP contribution in [0.1, 0.15) is 23.2 Å². The zero-order valence-electron chi connectivity index (χ0n) is 10.7. The van der Waals surface area contributed by atoms with Crippen molar-refractivity contribution in [1.29, 1.82) is 0 Å². The second-order valence-corrected chi connectivity index (χ2v) is 5.22. The van der Waals surface area contributed by atoms with Crippen molar-refractivity contribution in [2.45, 2.75) is 12.8 Å². The first-order valence-corrected chi connectivity index (χ1v) is 6.68. The van der Waals surface area contributed by atoms with Gasteiger partial charge in [-0.1, -0.05) is 6.07 Å². The number of halogens is 2. The molecule has 0 spiro atoms. The Morgan fingerprint density at radius 3 is 2.72 bits per heavy atom. The van der Waals surface area contributed by atoms with Gasteiger partial charge in [0.25, 0.3) is 5.91 Å². The van der Waals surface area contributed by atoms with Crippen molar-refractivity contribution >= 4 is 21.8 Å². The van der Waals surface area contributed by atoms with Gasteiger partial charge in [-0.05, 0) is 61.5 Å². The van der Waals surface area contributed by atoms with E-state index in [9.17, 15) is 9.18 Å². The van der Waals surface area contributed by atoms with Crippen LogP contribution in [0.15, 0.2) is 22.7 Å². The van der Waals surface area contributed by atoms with Crippen LogP contribution >= 0.6 is 15.9 Å². The van der Waals surface area contributed by atoms with Crippen LogP contribution in [0.4, 0.5) is 4.39 Å². The summed E-state index contributed by atoms with van der Waals surface area (Å²) in [5, 5.41) is 2.73. The van der Waals surface area contributed by atoms with Crippen LogP contribution in [0.5, 0.6) is 0 Å². The van der Waals surface area contributed by atoms with Gasteiger partial charge < -0.3 is 10.2 Å². The average Bonchev–Trinajstić information content (AvgIpc) is 2.27. The van der Waals surface area contributed by atoms with E-state index in [1.165, 1.54) is 6.07 Å². The third-order valence-electron chi connectivity index (χ3n) is 2.51. The summed E-state index contributed by atoms with van der Waals surface area (Å²) in [6, 6.07) is 4.50. The van der Waals surface area contributed by atoms with Gasteiger partial charge in [0.1, 0.15) is 5.82 Å². The van der Waals surface area contributed by atoms with Crippen molar-refractivity contribution in [3.8, 4) is 0 Å². The molecule has 0 bridgehead atoms. The first kappa shape index (κ1) is 15.1. The summed E-state index contributed by atoms with van der Waals surface area (Å²) >= 11 is 3.18. The third kappa shape index (κ3) is 4.74. The summed E-state index contributed by atoms with van der Waals surface area (Å²) in [5.74, 6) is -0.875. The number of carbonyl (C=O) groups excluding carboxylic acids is 1. The molecule has 1 rings (SSSR count). The molecule has 1 aromatic rings. The molecule has 1 aromatic carbocycles. The van der Waals surface area contributed by atoms with Gasteiger partial charge in [-0.2, -0.15) is 0 Å². The predicted octanol–water partition coefficient (Wildman–Crippen LogP) is 2.66. The monoisotopic (exact) mass is 316 g/mol. The zero-order chi connectivity index (χ0) is 13.5. The summed E-state index contributed by atoms with van der Waals surface area (Å²) in [6.07, 6.45) is 1.89. The highest BCUT2D eigenvalue weighted by Gasteiger charge is 2.14. The number of rotatable bonds is 6. The predicted molar refractivity (Wildman–Crippen MR) is 74.2 cm³/mol. The first-order chi connectivity index (χ1) is 8.52. The smallest absolute Gasteiger partial charge is 0.255 e. The van der Waals surface area contributed by atoms with E-state index >= 15 is 0 Å². The van der Waals surface area contributed by atoms with E-state index < -0.39 is 5.82 Å². The van der Waals surface area contributed by atoms with Gasteiger partial charge in [-0.15, -0.1) is 0 Å². The first-order valence-electron chi connectivity index (χ1n) is 5.89. The molecular formula is C13H18BrFN2O. The molecule has 1 amide bonds. The Morgan fingerprint density at radius 1 is 1.39 bits per heavy atom. The molecule has 0 saturated carbocycles. The molecule has 0 saturated heterocycles. The number of carbonyl (C=O) groups is 1. The van der Waals surface area contributed by atoms with E-state index in [4.69, 9.17) is 0 Å². The largest absolute Gasteiger partial charge is 0.352 e. The summed E-state index contributed by atoms with van der Waals surface area (Å²) in [5.41, 5.74) is 0.0742. The molecular weight excluding hydrogens is 299 g/mol. The number of benzene rings is 1. The number of unbranched alkanes of at least 4 members (excludes halogenated alkanes) is 1. The summed E-state index contributed by atoms with van der Waals surface area (Å²) in [4.78, 5) is 13.9. The van der Waals surface area contributed by atoms with Crippen LogP contribution in [-0.4, -0.2) is 38.0 Å². The van der Waals surface area contributed by atoms with E-state index in [1.54, 1.807) is 12.1 Å². The lowest BCUT2D eigenvalue weighted by Crippen LogP contribution is -2.26. The molecule has 0 heterocycles.